The predicted molar refractivity (Wildman–Crippen MR) is 88.2 cm³/mol. The molecule has 0 aliphatic heterocycles. The Labute approximate surface area is 134 Å². The van der Waals surface area contributed by atoms with Crippen LogP contribution in [0.1, 0.15) is 12.5 Å². The Balaban J connectivity index is 1.89. The molecule has 2 rings (SSSR count). The lowest BCUT2D eigenvalue weighted by molar-refractivity contribution is -0.137. The minimum absolute atomic E-state index is 0.343. The number of amides is 1. The Morgan fingerprint density at radius 3 is 2.39 bits per heavy atom. The van der Waals surface area contributed by atoms with Crippen molar-refractivity contribution in [1.82, 2.24) is 0 Å². The van der Waals surface area contributed by atoms with Gasteiger partial charge in [0.1, 0.15) is 5.75 Å². The average Bonchev–Trinajstić information content (AvgIpc) is 2.55. The molecule has 0 fully saturated rings. The van der Waals surface area contributed by atoms with Gasteiger partial charge < -0.3 is 9.47 Å². The first kappa shape index (κ1) is 16.3. The summed E-state index contributed by atoms with van der Waals surface area (Å²) in [5, 5.41) is 2.63. The van der Waals surface area contributed by atoms with Crippen molar-refractivity contribution in [2.24, 2.45) is 0 Å². The number of nitrogens with one attached hydrogen (secondary N) is 1. The Morgan fingerprint density at radius 2 is 1.74 bits per heavy atom. The van der Waals surface area contributed by atoms with Crippen molar-refractivity contribution < 1.29 is 19.1 Å². The van der Waals surface area contributed by atoms with Crippen molar-refractivity contribution in [3.8, 4) is 5.75 Å². The quantitative estimate of drug-likeness (QED) is 0.672. The molecule has 0 radical (unpaired) electrons. The second-order valence-corrected chi connectivity index (χ2v) is 4.53. The summed E-state index contributed by atoms with van der Waals surface area (Å²) < 4.78 is 9.93. The standard InChI is InChI=1S/C18H17NO4/c1-2-22-17(20)13-10-14-8-11-15(12-9-14)19-18(21)23-16-6-4-3-5-7-16/h3-13H,2H2,1H3,(H,19,21)/b13-10+. The van der Waals surface area contributed by atoms with E-state index in [1.807, 2.05) is 6.07 Å². The van der Waals surface area contributed by atoms with E-state index in [1.54, 1.807) is 61.5 Å². The summed E-state index contributed by atoms with van der Waals surface area (Å²) in [7, 11) is 0. The number of rotatable bonds is 5. The molecule has 118 valence electrons. The van der Waals surface area contributed by atoms with Gasteiger partial charge in [-0.05, 0) is 42.8 Å². The van der Waals surface area contributed by atoms with Crippen LogP contribution in [0.4, 0.5) is 10.5 Å². The molecule has 23 heavy (non-hydrogen) atoms. The van der Waals surface area contributed by atoms with Crippen molar-refractivity contribution in [1.29, 1.82) is 0 Å². The van der Waals surface area contributed by atoms with Crippen molar-refractivity contribution in [2.45, 2.75) is 6.92 Å². The summed E-state index contributed by atoms with van der Waals surface area (Å²) in [6, 6.07) is 15.8. The number of benzene rings is 2. The van der Waals surface area contributed by atoms with Crippen LogP contribution in [-0.2, 0) is 9.53 Å². The molecular formula is C18H17NO4. The molecule has 0 saturated heterocycles. The van der Waals surface area contributed by atoms with Crippen molar-refractivity contribution >= 4 is 23.8 Å². The van der Waals surface area contributed by atoms with Crippen molar-refractivity contribution in [2.75, 3.05) is 11.9 Å². The third kappa shape index (κ3) is 5.67. The molecule has 5 nitrogen and oxygen atoms in total. The van der Waals surface area contributed by atoms with Crippen molar-refractivity contribution in [3.05, 3.63) is 66.2 Å². The zero-order chi connectivity index (χ0) is 16.5. The van der Waals surface area contributed by atoms with Gasteiger partial charge in [0.2, 0.25) is 0 Å². The molecule has 0 spiro atoms. The maximum absolute atomic E-state index is 11.7. The number of esters is 1. The zero-order valence-corrected chi connectivity index (χ0v) is 12.7. The smallest absolute Gasteiger partial charge is 0.417 e. The summed E-state index contributed by atoms with van der Waals surface area (Å²) in [5.74, 6) is 0.0835. The van der Waals surface area contributed by atoms with Crippen molar-refractivity contribution in [3.63, 3.8) is 0 Å². The minimum Gasteiger partial charge on any atom is -0.463 e. The van der Waals surface area contributed by atoms with Gasteiger partial charge in [-0.1, -0.05) is 30.3 Å². The summed E-state index contributed by atoms with van der Waals surface area (Å²) in [6.45, 7) is 2.09. The molecule has 1 amide bonds. The first-order valence-electron chi connectivity index (χ1n) is 7.16. The van der Waals surface area contributed by atoms with Crippen LogP contribution in [0.3, 0.4) is 0 Å². The molecule has 0 atom stereocenters. The number of anilines is 1. The van der Waals surface area contributed by atoms with E-state index in [-0.39, 0.29) is 5.97 Å². The monoisotopic (exact) mass is 311 g/mol. The predicted octanol–water partition coefficient (Wildman–Crippen LogP) is 3.87. The zero-order valence-electron chi connectivity index (χ0n) is 12.7. The van der Waals surface area contributed by atoms with E-state index >= 15 is 0 Å². The highest BCUT2D eigenvalue weighted by atomic mass is 16.6. The Hall–Kier alpha value is -3.08. The lowest BCUT2D eigenvalue weighted by Gasteiger charge is -2.06. The largest absolute Gasteiger partial charge is 0.463 e. The third-order valence-corrected chi connectivity index (χ3v) is 2.81. The molecule has 0 aromatic heterocycles. The van der Waals surface area contributed by atoms with Crippen LogP contribution < -0.4 is 10.1 Å². The van der Waals surface area contributed by atoms with Gasteiger partial charge in [-0.25, -0.2) is 9.59 Å². The van der Waals surface area contributed by atoms with E-state index < -0.39 is 6.09 Å². The van der Waals surface area contributed by atoms with E-state index in [2.05, 4.69) is 5.32 Å². The highest BCUT2D eigenvalue weighted by molar-refractivity contribution is 5.88. The van der Waals surface area contributed by atoms with Gasteiger partial charge in [-0.15, -0.1) is 0 Å². The number of hydrogen-bond donors (Lipinski definition) is 1. The summed E-state index contributed by atoms with van der Waals surface area (Å²) >= 11 is 0. The fourth-order valence-electron chi connectivity index (χ4n) is 1.77. The summed E-state index contributed by atoms with van der Waals surface area (Å²) in [4.78, 5) is 23.0. The number of carbonyl (C=O) groups excluding carboxylic acids is 2. The molecular weight excluding hydrogens is 294 g/mol. The van der Waals surface area contributed by atoms with Gasteiger partial charge in [0.05, 0.1) is 6.61 Å². The van der Waals surface area contributed by atoms with Gasteiger partial charge in [-0.3, -0.25) is 5.32 Å². The first-order valence-corrected chi connectivity index (χ1v) is 7.16. The number of ether oxygens (including phenoxy) is 2. The molecule has 0 aliphatic carbocycles. The summed E-state index contributed by atoms with van der Waals surface area (Å²) in [6.07, 6.45) is 2.44. The first-order chi connectivity index (χ1) is 11.2. The minimum atomic E-state index is -0.564. The topological polar surface area (TPSA) is 64.6 Å². The molecule has 0 unspecified atom stereocenters. The lowest BCUT2D eigenvalue weighted by Crippen LogP contribution is -2.16. The normalized spacial score (nSPS) is 10.3. The third-order valence-electron chi connectivity index (χ3n) is 2.81. The molecule has 5 heteroatoms. The van der Waals surface area contributed by atoms with Crippen LogP contribution in [0.25, 0.3) is 6.08 Å². The highest BCUT2D eigenvalue weighted by Gasteiger charge is 2.04. The van der Waals surface area contributed by atoms with E-state index in [4.69, 9.17) is 9.47 Å². The number of hydrogen-bond acceptors (Lipinski definition) is 4. The molecule has 0 aliphatic rings. The van der Waals surface area contributed by atoms with Crippen LogP contribution in [-0.4, -0.2) is 18.7 Å². The van der Waals surface area contributed by atoms with E-state index in [1.165, 1.54) is 6.08 Å². The van der Waals surface area contributed by atoms with Gasteiger partial charge in [-0.2, -0.15) is 0 Å². The number of para-hydroxylation sites is 1. The molecule has 2 aromatic carbocycles. The van der Waals surface area contributed by atoms with Crippen LogP contribution in [0.2, 0.25) is 0 Å². The molecule has 0 heterocycles. The fourth-order valence-corrected chi connectivity index (χ4v) is 1.77. The Kier molecular flexibility index (Phi) is 5.94. The molecule has 2 aromatic rings. The summed E-state index contributed by atoms with van der Waals surface area (Å²) in [5.41, 5.74) is 1.42. The van der Waals surface area contributed by atoms with Gasteiger partial charge in [0.25, 0.3) is 0 Å². The van der Waals surface area contributed by atoms with Crippen LogP contribution in [0, 0.1) is 0 Å². The van der Waals surface area contributed by atoms with Crippen LogP contribution >= 0.6 is 0 Å². The molecule has 0 saturated carbocycles. The van der Waals surface area contributed by atoms with E-state index in [9.17, 15) is 9.59 Å². The Bertz CT molecular complexity index is 678. The lowest BCUT2D eigenvalue weighted by atomic mass is 10.2. The Morgan fingerprint density at radius 1 is 1.04 bits per heavy atom. The molecule has 0 bridgehead atoms. The second kappa shape index (κ2) is 8.38. The SMILES string of the molecule is CCOC(=O)/C=C/c1ccc(NC(=O)Oc2ccccc2)cc1. The van der Waals surface area contributed by atoms with Crippen LogP contribution in [0.15, 0.2) is 60.7 Å². The van der Waals surface area contributed by atoms with Gasteiger partial charge in [0, 0.05) is 11.8 Å². The number of carbonyl (C=O) groups is 2. The maximum Gasteiger partial charge on any atom is 0.417 e. The second-order valence-electron chi connectivity index (χ2n) is 4.53. The van der Waals surface area contributed by atoms with E-state index in [0.717, 1.165) is 5.56 Å². The van der Waals surface area contributed by atoms with Gasteiger partial charge >= 0.3 is 12.1 Å². The van der Waals surface area contributed by atoms with Crippen LogP contribution in [0.5, 0.6) is 5.75 Å². The molecule has 1 N–H and O–H groups in total. The average molecular weight is 311 g/mol. The maximum atomic E-state index is 11.7. The van der Waals surface area contributed by atoms with Gasteiger partial charge in [0.15, 0.2) is 0 Å². The highest BCUT2D eigenvalue weighted by Crippen LogP contribution is 2.13. The fraction of sp³-hybridized carbons (Fsp3) is 0.111. The van der Waals surface area contributed by atoms with E-state index in [0.29, 0.717) is 18.0 Å².